The van der Waals surface area contributed by atoms with Gasteiger partial charge in [-0.15, -0.1) is 0 Å². The van der Waals surface area contributed by atoms with Crippen LogP contribution in [0.1, 0.15) is 16.8 Å². The molecule has 4 rings (SSSR count). The van der Waals surface area contributed by atoms with E-state index in [1.165, 1.54) is 30.0 Å². The van der Waals surface area contributed by atoms with Crippen molar-refractivity contribution in [3.8, 4) is 11.3 Å². The van der Waals surface area contributed by atoms with Crippen molar-refractivity contribution in [3.63, 3.8) is 0 Å². The van der Waals surface area contributed by atoms with Crippen LogP contribution in [0.25, 0.3) is 11.3 Å². The summed E-state index contributed by atoms with van der Waals surface area (Å²) in [6, 6.07) is 13.0. The van der Waals surface area contributed by atoms with Crippen LogP contribution in [0.5, 0.6) is 0 Å². The molecule has 0 N–H and O–H groups in total. The maximum atomic E-state index is 13.3. The summed E-state index contributed by atoms with van der Waals surface area (Å²) in [5.41, 5.74) is 5.14. The predicted molar refractivity (Wildman–Crippen MR) is 99.9 cm³/mol. The number of non-ortho nitro benzene ring substituents is 1. The number of rotatable bonds is 4. The molecule has 1 aliphatic heterocycles. The SMILES string of the molecule is CN1CCc2c(c(-c3ccc(F)cc3)nn2Cc2ccc([N+](=O)[O-])cc2)C1. The predicted octanol–water partition coefficient (Wildman–Crippen LogP) is 3.63. The van der Waals surface area contributed by atoms with Gasteiger partial charge in [0.2, 0.25) is 0 Å². The third kappa shape index (κ3) is 3.46. The topological polar surface area (TPSA) is 64.2 Å². The number of benzene rings is 2. The lowest BCUT2D eigenvalue weighted by molar-refractivity contribution is -0.384. The van der Waals surface area contributed by atoms with E-state index in [4.69, 9.17) is 5.10 Å². The molecule has 7 heteroatoms. The van der Waals surface area contributed by atoms with Gasteiger partial charge in [-0.3, -0.25) is 14.8 Å². The van der Waals surface area contributed by atoms with Crippen LogP contribution in [0.15, 0.2) is 48.5 Å². The molecule has 2 heterocycles. The van der Waals surface area contributed by atoms with Gasteiger partial charge in [-0.1, -0.05) is 12.1 Å². The third-order valence-electron chi connectivity index (χ3n) is 4.92. The van der Waals surface area contributed by atoms with Crippen LogP contribution in [0.2, 0.25) is 0 Å². The van der Waals surface area contributed by atoms with Gasteiger partial charge in [-0.05, 0) is 36.9 Å². The molecule has 6 nitrogen and oxygen atoms in total. The number of aromatic nitrogens is 2. The number of nitrogens with zero attached hydrogens (tertiary/aromatic N) is 4. The Kier molecular flexibility index (Phi) is 4.45. The van der Waals surface area contributed by atoms with Gasteiger partial charge in [-0.2, -0.15) is 5.10 Å². The van der Waals surface area contributed by atoms with Crippen LogP contribution in [0.3, 0.4) is 0 Å². The normalized spacial score (nSPS) is 14.1. The molecule has 138 valence electrons. The van der Waals surface area contributed by atoms with Crippen molar-refractivity contribution in [1.82, 2.24) is 14.7 Å². The van der Waals surface area contributed by atoms with E-state index in [9.17, 15) is 14.5 Å². The van der Waals surface area contributed by atoms with Crippen molar-refractivity contribution >= 4 is 5.69 Å². The fraction of sp³-hybridized carbons (Fsp3) is 0.250. The first-order valence-corrected chi connectivity index (χ1v) is 8.77. The maximum Gasteiger partial charge on any atom is 0.269 e. The summed E-state index contributed by atoms with van der Waals surface area (Å²) in [7, 11) is 2.07. The lowest BCUT2D eigenvalue weighted by Crippen LogP contribution is -2.27. The van der Waals surface area contributed by atoms with Crippen LogP contribution >= 0.6 is 0 Å². The van der Waals surface area contributed by atoms with Gasteiger partial charge in [0, 0.05) is 48.5 Å². The zero-order valence-corrected chi connectivity index (χ0v) is 14.9. The monoisotopic (exact) mass is 366 g/mol. The summed E-state index contributed by atoms with van der Waals surface area (Å²) in [5, 5.41) is 15.6. The van der Waals surface area contributed by atoms with Crippen LogP contribution < -0.4 is 0 Å². The number of likely N-dealkylation sites (N-methyl/N-ethyl adjacent to an activating group) is 1. The number of halogens is 1. The molecule has 27 heavy (non-hydrogen) atoms. The molecule has 0 fully saturated rings. The van der Waals surface area contributed by atoms with Crippen molar-refractivity contribution in [2.45, 2.75) is 19.5 Å². The second-order valence-electron chi connectivity index (χ2n) is 6.85. The number of hydrogen-bond donors (Lipinski definition) is 0. The van der Waals surface area contributed by atoms with E-state index in [0.717, 1.165) is 41.9 Å². The summed E-state index contributed by atoms with van der Waals surface area (Å²) >= 11 is 0. The first kappa shape index (κ1) is 17.4. The Morgan fingerprint density at radius 2 is 1.85 bits per heavy atom. The fourth-order valence-electron chi connectivity index (χ4n) is 3.49. The zero-order valence-electron chi connectivity index (χ0n) is 14.9. The van der Waals surface area contributed by atoms with Gasteiger partial charge in [0.25, 0.3) is 5.69 Å². The van der Waals surface area contributed by atoms with Gasteiger partial charge in [0.1, 0.15) is 5.82 Å². The standard InChI is InChI=1S/C20H19FN4O2/c1-23-11-10-19-18(13-23)20(15-4-6-16(21)7-5-15)22-24(19)12-14-2-8-17(9-3-14)25(26)27/h2-9H,10-13H2,1H3. The first-order valence-electron chi connectivity index (χ1n) is 8.77. The van der Waals surface area contributed by atoms with E-state index in [2.05, 4.69) is 11.9 Å². The average molecular weight is 366 g/mol. The molecule has 1 aliphatic rings. The summed E-state index contributed by atoms with van der Waals surface area (Å²) in [5.74, 6) is -0.268. The quantitative estimate of drug-likeness (QED) is 0.522. The van der Waals surface area contributed by atoms with Crippen LogP contribution in [0.4, 0.5) is 10.1 Å². The van der Waals surface area contributed by atoms with Gasteiger partial charge in [-0.25, -0.2) is 4.39 Å². The molecule has 0 atom stereocenters. The Morgan fingerprint density at radius 1 is 1.15 bits per heavy atom. The minimum Gasteiger partial charge on any atom is -0.302 e. The second-order valence-corrected chi connectivity index (χ2v) is 6.85. The molecule has 3 aromatic rings. The Morgan fingerprint density at radius 3 is 2.52 bits per heavy atom. The minimum absolute atomic E-state index is 0.0786. The van der Waals surface area contributed by atoms with E-state index in [0.29, 0.717) is 6.54 Å². The molecule has 0 spiro atoms. The summed E-state index contributed by atoms with van der Waals surface area (Å²) in [6.07, 6.45) is 0.882. The van der Waals surface area contributed by atoms with Crippen molar-refractivity contribution in [2.75, 3.05) is 13.6 Å². The van der Waals surface area contributed by atoms with Gasteiger partial charge < -0.3 is 4.90 Å². The maximum absolute atomic E-state index is 13.3. The van der Waals surface area contributed by atoms with E-state index in [-0.39, 0.29) is 11.5 Å². The zero-order chi connectivity index (χ0) is 19.0. The van der Waals surface area contributed by atoms with Gasteiger partial charge in [0.15, 0.2) is 0 Å². The second kappa shape index (κ2) is 6.92. The summed E-state index contributed by atoms with van der Waals surface area (Å²) in [6.45, 7) is 2.29. The number of nitro groups is 1. The fourth-order valence-corrected chi connectivity index (χ4v) is 3.49. The molecule has 0 bridgehead atoms. The molecule has 0 radical (unpaired) electrons. The number of nitro benzene ring substituents is 1. The Hall–Kier alpha value is -3.06. The van der Waals surface area contributed by atoms with Crippen molar-refractivity contribution in [2.24, 2.45) is 0 Å². The van der Waals surface area contributed by atoms with E-state index >= 15 is 0 Å². The summed E-state index contributed by atoms with van der Waals surface area (Å²) in [4.78, 5) is 12.7. The lowest BCUT2D eigenvalue weighted by Gasteiger charge is -2.23. The Balaban J connectivity index is 1.71. The van der Waals surface area contributed by atoms with Crippen LogP contribution in [-0.2, 0) is 19.5 Å². The average Bonchev–Trinajstić information content (AvgIpc) is 3.00. The Labute approximate surface area is 156 Å². The highest BCUT2D eigenvalue weighted by molar-refractivity contribution is 5.64. The number of fused-ring (bicyclic) bond motifs is 1. The highest BCUT2D eigenvalue weighted by atomic mass is 19.1. The third-order valence-corrected chi connectivity index (χ3v) is 4.92. The smallest absolute Gasteiger partial charge is 0.269 e. The molecule has 0 amide bonds. The number of hydrogen-bond acceptors (Lipinski definition) is 4. The van der Waals surface area contributed by atoms with Crippen LogP contribution in [0, 0.1) is 15.9 Å². The molecular formula is C20H19FN4O2. The van der Waals surface area contributed by atoms with E-state index < -0.39 is 4.92 Å². The van der Waals surface area contributed by atoms with Gasteiger partial charge >= 0.3 is 0 Å². The molecule has 0 aliphatic carbocycles. The van der Waals surface area contributed by atoms with Crippen molar-refractivity contribution in [3.05, 3.63) is 81.3 Å². The Bertz CT molecular complexity index is 980. The largest absolute Gasteiger partial charge is 0.302 e. The van der Waals surface area contributed by atoms with Gasteiger partial charge in [0.05, 0.1) is 17.2 Å². The van der Waals surface area contributed by atoms with E-state index in [1.54, 1.807) is 24.3 Å². The molecular weight excluding hydrogens is 347 g/mol. The summed E-state index contributed by atoms with van der Waals surface area (Å²) < 4.78 is 15.3. The molecule has 1 aromatic heterocycles. The molecule has 0 saturated heterocycles. The highest BCUT2D eigenvalue weighted by Crippen LogP contribution is 2.30. The first-order chi connectivity index (χ1) is 13.0. The lowest BCUT2D eigenvalue weighted by atomic mass is 10.0. The molecule has 0 saturated carbocycles. The highest BCUT2D eigenvalue weighted by Gasteiger charge is 2.24. The van der Waals surface area contributed by atoms with Crippen LogP contribution in [-0.4, -0.2) is 33.2 Å². The van der Waals surface area contributed by atoms with E-state index in [1.807, 2.05) is 4.68 Å². The minimum atomic E-state index is -0.401. The van der Waals surface area contributed by atoms with Crippen molar-refractivity contribution in [1.29, 1.82) is 0 Å². The molecule has 0 unspecified atom stereocenters. The molecule has 2 aromatic carbocycles. The van der Waals surface area contributed by atoms with Crippen molar-refractivity contribution < 1.29 is 9.31 Å².